The Morgan fingerprint density at radius 3 is 2.38 bits per heavy atom. The summed E-state index contributed by atoms with van der Waals surface area (Å²) in [6.45, 7) is 2.14. The van der Waals surface area contributed by atoms with Crippen molar-refractivity contribution in [2.24, 2.45) is 0 Å². The molecule has 1 aromatic rings. The molecule has 0 radical (unpaired) electrons. The molecular formula is C10H13O2S-. The van der Waals surface area contributed by atoms with Gasteiger partial charge in [0.15, 0.2) is 0 Å². The van der Waals surface area contributed by atoms with E-state index in [9.17, 15) is 8.76 Å². The molecule has 13 heavy (non-hydrogen) atoms. The SMILES string of the molecule is CCCCc1ccc(S(=O)[O-])cc1. The van der Waals surface area contributed by atoms with E-state index in [0.717, 1.165) is 19.3 Å². The first kappa shape index (κ1) is 10.4. The van der Waals surface area contributed by atoms with Gasteiger partial charge in [0.2, 0.25) is 0 Å². The van der Waals surface area contributed by atoms with E-state index in [4.69, 9.17) is 0 Å². The van der Waals surface area contributed by atoms with Gasteiger partial charge in [-0.3, -0.25) is 4.21 Å². The van der Waals surface area contributed by atoms with Crippen molar-refractivity contribution in [2.75, 3.05) is 0 Å². The van der Waals surface area contributed by atoms with Crippen LogP contribution in [0.1, 0.15) is 25.3 Å². The number of benzene rings is 1. The van der Waals surface area contributed by atoms with Gasteiger partial charge in [-0.05, 0) is 41.6 Å². The molecule has 1 unspecified atom stereocenters. The summed E-state index contributed by atoms with van der Waals surface area (Å²) in [7, 11) is 0. The summed E-state index contributed by atoms with van der Waals surface area (Å²) >= 11 is -2.09. The van der Waals surface area contributed by atoms with Crippen molar-refractivity contribution in [3.8, 4) is 0 Å². The van der Waals surface area contributed by atoms with E-state index in [1.165, 1.54) is 5.56 Å². The molecule has 0 fully saturated rings. The summed E-state index contributed by atoms with van der Waals surface area (Å²) in [5.74, 6) is 0. The zero-order chi connectivity index (χ0) is 9.68. The van der Waals surface area contributed by atoms with Crippen LogP contribution in [0, 0.1) is 0 Å². The average Bonchev–Trinajstić information content (AvgIpc) is 2.15. The minimum atomic E-state index is -2.09. The van der Waals surface area contributed by atoms with E-state index in [0.29, 0.717) is 4.90 Å². The third-order valence-electron chi connectivity index (χ3n) is 1.93. The first-order valence-corrected chi connectivity index (χ1v) is 5.49. The van der Waals surface area contributed by atoms with Crippen LogP contribution in [0.15, 0.2) is 29.2 Å². The molecule has 0 saturated heterocycles. The molecule has 0 spiro atoms. The largest absolute Gasteiger partial charge is 0.768 e. The molecule has 0 heterocycles. The van der Waals surface area contributed by atoms with Crippen LogP contribution in [0.25, 0.3) is 0 Å². The van der Waals surface area contributed by atoms with Crippen LogP contribution in [-0.4, -0.2) is 8.76 Å². The summed E-state index contributed by atoms with van der Waals surface area (Å²) < 4.78 is 21.1. The molecule has 72 valence electrons. The first-order valence-electron chi connectivity index (χ1n) is 4.42. The summed E-state index contributed by atoms with van der Waals surface area (Å²) in [5.41, 5.74) is 1.20. The first-order chi connectivity index (χ1) is 6.24. The Balaban J connectivity index is 2.64. The Bertz CT molecular complexity index is 279. The van der Waals surface area contributed by atoms with Crippen LogP contribution in [-0.2, 0) is 17.5 Å². The lowest BCUT2D eigenvalue weighted by Gasteiger charge is -2.05. The number of aryl methyl sites for hydroxylation is 1. The van der Waals surface area contributed by atoms with Crippen molar-refractivity contribution >= 4 is 11.1 Å². The minimum Gasteiger partial charge on any atom is -0.768 e. The zero-order valence-corrected chi connectivity index (χ0v) is 8.47. The maximum atomic E-state index is 10.5. The maximum absolute atomic E-state index is 10.5. The summed E-state index contributed by atoms with van der Waals surface area (Å²) in [6, 6.07) is 7.05. The fourth-order valence-electron chi connectivity index (χ4n) is 1.15. The number of hydrogen-bond acceptors (Lipinski definition) is 2. The van der Waals surface area contributed by atoms with E-state index in [-0.39, 0.29) is 0 Å². The smallest absolute Gasteiger partial charge is 0.0248 e. The van der Waals surface area contributed by atoms with E-state index < -0.39 is 11.1 Å². The lowest BCUT2D eigenvalue weighted by molar-refractivity contribution is 0.537. The Kier molecular flexibility index (Phi) is 4.12. The Morgan fingerprint density at radius 1 is 1.31 bits per heavy atom. The molecule has 0 bridgehead atoms. The highest BCUT2D eigenvalue weighted by molar-refractivity contribution is 7.79. The molecule has 1 atom stereocenters. The lowest BCUT2D eigenvalue weighted by atomic mass is 10.1. The van der Waals surface area contributed by atoms with Gasteiger partial charge in [0.1, 0.15) is 0 Å². The van der Waals surface area contributed by atoms with Gasteiger partial charge >= 0.3 is 0 Å². The predicted octanol–water partition coefficient (Wildman–Crippen LogP) is 2.27. The van der Waals surface area contributed by atoms with Crippen molar-refractivity contribution in [3.63, 3.8) is 0 Å². The maximum Gasteiger partial charge on any atom is 0.0248 e. The average molecular weight is 197 g/mol. The summed E-state index contributed by atoms with van der Waals surface area (Å²) in [5, 5.41) is 0. The van der Waals surface area contributed by atoms with Gasteiger partial charge in [0.25, 0.3) is 0 Å². The molecule has 3 heteroatoms. The molecule has 0 N–H and O–H groups in total. The fourth-order valence-corrected chi connectivity index (χ4v) is 1.51. The predicted molar refractivity (Wildman–Crippen MR) is 52.2 cm³/mol. The number of hydrogen-bond donors (Lipinski definition) is 0. The molecule has 0 aliphatic heterocycles. The van der Waals surface area contributed by atoms with Gasteiger partial charge in [-0.1, -0.05) is 25.5 Å². The van der Waals surface area contributed by atoms with Gasteiger partial charge in [-0.2, -0.15) is 0 Å². The molecule has 0 aliphatic carbocycles. The zero-order valence-electron chi connectivity index (χ0n) is 7.66. The van der Waals surface area contributed by atoms with Gasteiger partial charge in [0.05, 0.1) is 0 Å². The highest BCUT2D eigenvalue weighted by atomic mass is 32.2. The van der Waals surface area contributed by atoms with Crippen LogP contribution in [0.3, 0.4) is 0 Å². The quantitative estimate of drug-likeness (QED) is 0.695. The van der Waals surface area contributed by atoms with Crippen LogP contribution in [0.5, 0.6) is 0 Å². The van der Waals surface area contributed by atoms with Gasteiger partial charge < -0.3 is 4.55 Å². The molecule has 0 aliphatic rings. The minimum absolute atomic E-state index is 0.361. The summed E-state index contributed by atoms with van der Waals surface area (Å²) in [6.07, 6.45) is 3.34. The topological polar surface area (TPSA) is 40.1 Å². The monoisotopic (exact) mass is 197 g/mol. The van der Waals surface area contributed by atoms with E-state index >= 15 is 0 Å². The highest BCUT2D eigenvalue weighted by Gasteiger charge is 1.93. The van der Waals surface area contributed by atoms with Crippen LogP contribution in [0.4, 0.5) is 0 Å². The molecule has 2 nitrogen and oxygen atoms in total. The fraction of sp³-hybridized carbons (Fsp3) is 0.400. The van der Waals surface area contributed by atoms with Crippen molar-refractivity contribution in [1.82, 2.24) is 0 Å². The summed E-state index contributed by atoms with van der Waals surface area (Å²) in [4.78, 5) is 0.361. The Morgan fingerprint density at radius 2 is 1.92 bits per heavy atom. The van der Waals surface area contributed by atoms with Crippen LogP contribution < -0.4 is 0 Å². The van der Waals surface area contributed by atoms with Gasteiger partial charge in [-0.15, -0.1) is 0 Å². The van der Waals surface area contributed by atoms with Crippen molar-refractivity contribution in [1.29, 1.82) is 0 Å². The van der Waals surface area contributed by atoms with Crippen molar-refractivity contribution in [2.45, 2.75) is 31.1 Å². The molecule has 0 amide bonds. The van der Waals surface area contributed by atoms with Crippen LogP contribution >= 0.6 is 0 Å². The second-order valence-electron chi connectivity index (χ2n) is 2.98. The third-order valence-corrected chi connectivity index (χ3v) is 2.59. The van der Waals surface area contributed by atoms with E-state index in [1.54, 1.807) is 12.1 Å². The van der Waals surface area contributed by atoms with Crippen molar-refractivity contribution < 1.29 is 8.76 Å². The third kappa shape index (κ3) is 3.28. The van der Waals surface area contributed by atoms with Crippen molar-refractivity contribution in [3.05, 3.63) is 29.8 Å². The van der Waals surface area contributed by atoms with Gasteiger partial charge in [0, 0.05) is 4.90 Å². The second kappa shape index (κ2) is 5.14. The standard InChI is InChI=1S/C10H14O2S/c1-2-3-4-9-5-7-10(8-6-9)13(11)12/h5-8H,2-4H2,1H3,(H,11,12)/p-1. The normalized spacial score (nSPS) is 12.8. The Labute approximate surface area is 81.3 Å². The van der Waals surface area contributed by atoms with E-state index in [1.807, 2.05) is 12.1 Å². The molecule has 0 saturated carbocycles. The molecular weight excluding hydrogens is 184 g/mol. The molecule has 1 rings (SSSR count). The van der Waals surface area contributed by atoms with E-state index in [2.05, 4.69) is 6.92 Å². The number of unbranched alkanes of at least 4 members (excludes halogenated alkanes) is 1. The van der Waals surface area contributed by atoms with Gasteiger partial charge in [-0.25, -0.2) is 0 Å². The Hall–Kier alpha value is -0.670. The number of rotatable bonds is 4. The second-order valence-corrected chi connectivity index (χ2v) is 3.92. The molecule has 1 aromatic carbocycles. The lowest BCUT2D eigenvalue weighted by Crippen LogP contribution is -1.90. The molecule has 0 aromatic heterocycles. The van der Waals surface area contributed by atoms with Crippen LogP contribution in [0.2, 0.25) is 0 Å². The highest BCUT2D eigenvalue weighted by Crippen LogP contribution is 2.09.